The molecule has 1 aliphatic rings. The molecule has 20 heavy (non-hydrogen) atoms. The molecule has 106 valence electrons. The average molecular weight is 294 g/mol. The predicted molar refractivity (Wildman–Crippen MR) is 76.4 cm³/mol. The van der Waals surface area contributed by atoms with Gasteiger partial charge in [0.05, 0.1) is 6.04 Å². The smallest absolute Gasteiger partial charge is 0.128 e. The SMILES string of the molecule is NNC(c1cc(F)ccc1F)C1CCCc2sccc21. The van der Waals surface area contributed by atoms with Gasteiger partial charge in [-0.25, -0.2) is 8.78 Å². The number of thiophene rings is 1. The number of halogens is 2. The first kappa shape index (κ1) is 13.7. The minimum atomic E-state index is -0.442. The van der Waals surface area contributed by atoms with Gasteiger partial charge in [0.2, 0.25) is 0 Å². The molecule has 0 bridgehead atoms. The first-order valence-corrected chi connectivity index (χ1v) is 7.56. The molecule has 2 unspecified atom stereocenters. The Morgan fingerprint density at radius 3 is 2.95 bits per heavy atom. The van der Waals surface area contributed by atoms with E-state index in [1.165, 1.54) is 16.5 Å². The monoisotopic (exact) mass is 294 g/mol. The summed E-state index contributed by atoms with van der Waals surface area (Å²) in [6.07, 6.45) is 3.04. The highest BCUT2D eigenvalue weighted by atomic mass is 32.1. The van der Waals surface area contributed by atoms with Gasteiger partial charge in [-0.15, -0.1) is 11.3 Å². The fraction of sp³-hybridized carbons (Fsp3) is 0.333. The standard InChI is InChI=1S/C15H16F2N2S/c16-9-4-5-13(17)12(8-9)15(19-18)11-2-1-3-14-10(11)6-7-20-14/h4-8,11,15,19H,1-3,18H2. The summed E-state index contributed by atoms with van der Waals surface area (Å²) < 4.78 is 27.4. The lowest BCUT2D eigenvalue weighted by atomic mass is 9.80. The number of nitrogens with two attached hydrogens (primary N) is 1. The minimum Gasteiger partial charge on any atom is -0.271 e. The molecule has 0 radical (unpaired) electrons. The van der Waals surface area contributed by atoms with Gasteiger partial charge in [0.15, 0.2) is 0 Å². The van der Waals surface area contributed by atoms with E-state index in [1.54, 1.807) is 11.3 Å². The number of hydrazine groups is 1. The van der Waals surface area contributed by atoms with Gasteiger partial charge >= 0.3 is 0 Å². The molecule has 1 heterocycles. The van der Waals surface area contributed by atoms with E-state index in [1.807, 2.05) is 0 Å². The van der Waals surface area contributed by atoms with Crippen molar-refractivity contribution in [1.82, 2.24) is 5.43 Å². The maximum atomic E-state index is 14.0. The molecule has 2 aromatic rings. The molecule has 1 aromatic carbocycles. The molecular weight excluding hydrogens is 278 g/mol. The van der Waals surface area contributed by atoms with E-state index in [-0.39, 0.29) is 5.92 Å². The summed E-state index contributed by atoms with van der Waals surface area (Å²) in [5, 5.41) is 2.05. The Hall–Kier alpha value is -1.30. The fourth-order valence-electron chi connectivity index (χ4n) is 3.04. The van der Waals surface area contributed by atoms with Crippen molar-refractivity contribution < 1.29 is 8.78 Å². The fourth-order valence-corrected chi connectivity index (χ4v) is 4.04. The molecule has 0 fully saturated rings. The van der Waals surface area contributed by atoms with Crippen LogP contribution in [0.1, 0.15) is 40.8 Å². The van der Waals surface area contributed by atoms with Crippen LogP contribution in [-0.2, 0) is 6.42 Å². The summed E-state index contributed by atoms with van der Waals surface area (Å²) in [4.78, 5) is 1.33. The average Bonchev–Trinajstić information content (AvgIpc) is 2.92. The molecule has 0 saturated heterocycles. The highest BCUT2D eigenvalue weighted by molar-refractivity contribution is 7.10. The second-order valence-electron chi connectivity index (χ2n) is 5.11. The topological polar surface area (TPSA) is 38.0 Å². The highest BCUT2D eigenvalue weighted by Crippen LogP contribution is 2.42. The largest absolute Gasteiger partial charge is 0.271 e. The van der Waals surface area contributed by atoms with Crippen LogP contribution >= 0.6 is 11.3 Å². The van der Waals surface area contributed by atoms with E-state index in [2.05, 4.69) is 16.9 Å². The van der Waals surface area contributed by atoms with Crippen LogP contribution in [0.4, 0.5) is 8.78 Å². The molecular formula is C15H16F2N2S. The second-order valence-corrected chi connectivity index (χ2v) is 6.11. The van der Waals surface area contributed by atoms with Gasteiger partial charge < -0.3 is 0 Å². The molecule has 0 spiro atoms. The third-order valence-corrected chi connectivity index (χ3v) is 4.97. The van der Waals surface area contributed by atoms with Crippen LogP contribution in [0.5, 0.6) is 0 Å². The van der Waals surface area contributed by atoms with Crippen LogP contribution in [0.15, 0.2) is 29.6 Å². The van der Waals surface area contributed by atoms with Gasteiger partial charge in [0.25, 0.3) is 0 Å². The molecule has 2 nitrogen and oxygen atoms in total. The Morgan fingerprint density at radius 1 is 1.30 bits per heavy atom. The number of hydrogen-bond donors (Lipinski definition) is 2. The molecule has 1 aromatic heterocycles. The second kappa shape index (κ2) is 5.60. The zero-order valence-corrected chi connectivity index (χ0v) is 11.7. The Bertz CT molecular complexity index is 612. The quantitative estimate of drug-likeness (QED) is 0.670. The van der Waals surface area contributed by atoms with Crippen LogP contribution in [0.25, 0.3) is 0 Å². The van der Waals surface area contributed by atoms with Gasteiger partial charge in [0, 0.05) is 16.4 Å². The zero-order chi connectivity index (χ0) is 14.1. The van der Waals surface area contributed by atoms with Gasteiger partial charge in [0.1, 0.15) is 11.6 Å². The molecule has 3 rings (SSSR count). The first-order valence-electron chi connectivity index (χ1n) is 6.68. The maximum Gasteiger partial charge on any atom is 0.128 e. The molecule has 3 N–H and O–H groups in total. The van der Waals surface area contributed by atoms with E-state index in [4.69, 9.17) is 5.84 Å². The van der Waals surface area contributed by atoms with Gasteiger partial charge in [-0.05, 0) is 54.5 Å². The van der Waals surface area contributed by atoms with Crippen LogP contribution in [0.3, 0.4) is 0 Å². The van der Waals surface area contributed by atoms with Crippen molar-refractivity contribution >= 4 is 11.3 Å². The molecule has 5 heteroatoms. The summed E-state index contributed by atoms with van der Waals surface area (Å²) in [5.41, 5.74) is 4.20. The van der Waals surface area contributed by atoms with Crippen molar-refractivity contribution in [3.8, 4) is 0 Å². The van der Waals surface area contributed by atoms with Crippen molar-refractivity contribution in [2.75, 3.05) is 0 Å². The van der Waals surface area contributed by atoms with Crippen molar-refractivity contribution in [2.24, 2.45) is 5.84 Å². The van der Waals surface area contributed by atoms with Crippen LogP contribution in [0, 0.1) is 11.6 Å². The molecule has 0 amide bonds. The lowest BCUT2D eigenvalue weighted by Crippen LogP contribution is -2.34. The summed E-state index contributed by atoms with van der Waals surface area (Å²) in [5.74, 6) is 4.87. The number of aryl methyl sites for hydroxylation is 1. The van der Waals surface area contributed by atoms with Crippen molar-refractivity contribution in [1.29, 1.82) is 0 Å². The Morgan fingerprint density at radius 2 is 2.15 bits per heavy atom. The van der Waals surface area contributed by atoms with E-state index >= 15 is 0 Å². The predicted octanol–water partition coefficient (Wildman–Crippen LogP) is 3.65. The zero-order valence-electron chi connectivity index (χ0n) is 10.9. The molecule has 2 atom stereocenters. The Kier molecular flexibility index (Phi) is 3.83. The lowest BCUT2D eigenvalue weighted by molar-refractivity contribution is 0.396. The maximum absolute atomic E-state index is 14.0. The number of rotatable bonds is 3. The number of hydrogen-bond acceptors (Lipinski definition) is 3. The van der Waals surface area contributed by atoms with Crippen LogP contribution in [0.2, 0.25) is 0 Å². The first-order chi connectivity index (χ1) is 9.70. The summed E-state index contributed by atoms with van der Waals surface area (Å²) in [6.45, 7) is 0. The summed E-state index contributed by atoms with van der Waals surface area (Å²) in [7, 11) is 0. The van der Waals surface area contributed by atoms with Crippen LogP contribution < -0.4 is 11.3 Å². The highest BCUT2D eigenvalue weighted by Gasteiger charge is 2.30. The van der Waals surface area contributed by atoms with E-state index in [0.717, 1.165) is 31.4 Å². The molecule has 1 aliphatic carbocycles. The third-order valence-electron chi connectivity index (χ3n) is 3.97. The van der Waals surface area contributed by atoms with Crippen molar-refractivity contribution in [2.45, 2.75) is 31.2 Å². The minimum absolute atomic E-state index is 0.0892. The van der Waals surface area contributed by atoms with E-state index < -0.39 is 17.7 Å². The van der Waals surface area contributed by atoms with E-state index in [0.29, 0.717) is 5.56 Å². The third kappa shape index (κ3) is 2.37. The molecule has 0 aliphatic heterocycles. The Balaban J connectivity index is 2.01. The lowest BCUT2D eigenvalue weighted by Gasteiger charge is -2.30. The van der Waals surface area contributed by atoms with E-state index in [9.17, 15) is 8.78 Å². The normalized spacial score (nSPS) is 19.6. The summed E-state index contributed by atoms with van der Waals surface area (Å²) in [6, 6.07) is 5.20. The van der Waals surface area contributed by atoms with Gasteiger partial charge in [-0.1, -0.05) is 0 Å². The van der Waals surface area contributed by atoms with Crippen LogP contribution in [-0.4, -0.2) is 0 Å². The summed E-state index contributed by atoms with van der Waals surface area (Å²) >= 11 is 1.72. The van der Waals surface area contributed by atoms with Gasteiger partial charge in [-0.3, -0.25) is 11.3 Å². The number of benzene rings is 1. The van der Waals surface area contributed by atoms with Crippen molar-refractivity contribution in [3.05, 3.63) is 57.3 Å². The van der Waals surface area contributed by atoms with Gasteiger partial charge in [-0.2, -0.15) is 0 Å². The number of nitrogens with one attached hydrogen (secondary N) is 1. The Labute approximate surface area is 120 Å². The number of fused-ring (bicyclic) bond motifs is 1. The van der Waals surface area contributed by atoms with Crippen molar-refractivity contribution in [3.63, 3.8) is 0 Å². The molecule has 0 saturated carbocycles.